The normalized spacial score (nSPS) is 17.8. The quantitative estimate of drug-likeness (QED) is 0.672. The molecule has 1 atom stereocenters. The first-order valence-corrected chi connectivity index (χ1v) is 11.0. The van der Waals surface area contributed by atoms with E-state index in [0.717, 1.165) is 43.9 Å². The van der Waals surface area contributed by atoms with E-state index < -0.39 is 0 Å². The fourth-order valence-corrected chi connectivity index (χ4v) is 3.99. The number of carbonyl (C=O) groups is 1. The number of nitrogens with one attached hydrogen (secondary N) is 1. The van der Waals surface area contributed by atoms with Gasteiger partial charge in [-0.15, -0.1) is 0 Å². The molecule has 170 valence electrons. The Morgan fingerprint density at radius 2 is 1.88 bits per heavy atom. The average molecular weight is 438 g/mol. The van der Waals surface area contributed by atoms with Gasteiger partial charge in [-0.25, -0.2) is 0 Å². The lowest BCUT2D eigenvalue weighted by molar-refractivity contribution is -0.117. The molecule has 0 radical (unpaired) electrons. The molecular formula is C25H31N3O4. The van der Waals surface area contributed by atoms with Crippen LogP contribution in [0.4, 0.5) is 0 Å². The van der Waals surface area contributed by atoms with E-state index in [-0.39, 0.29) is 11.9 Å². The summed E-state index contributed by atoms with van der Waals surface area (Å²) in [6.07, 6.45) is 3.33. The SMILES string of the molecule is COc1cc(/C=C/C(=O)NC(CN2CCN(C)CC2)c2ccccc2)cc2c1OCCO2. The number of piperazine rings is 1. The van der Waals surface area contributed by atoms with Crippen molar-refractivity contribution in [3.63, 3.8) is 0 Å². The molecule has 7 nitrogen and oxygen atoms in total. The van der Waals surface area contributed by atoms with Crippen molar-refractivity contribution in [1.29, 1.82) is 0 Å². The second kappa shape index (κ2) is 10.5. The third-order valence-corrected chi connectivity index (χ3v) is 5.83. The number of hydrogen-bond acceptors (Lipinski definition) is 6. The zero-order valence-electron chi connectivity index (χ0n) is 18.8. The highest BCUT2D eigenvalue weighted by Gasteiger charge is 2.21. The highest BCUT2D eigenvalue weighted by Crippen LogP contribution is 2.40. The van der Waals surface area contributed by atoms with Crippen LogP contribution in [0.25, 0.3) is 6.08 Å². The van der Waals surface area contributed by atoms with Crippen molar-refractivity contribution in [2.75, 3.05) is 60.1 Å². The van der Waals surface area contributed by atoms with E-state index in [0.29, 0.717) is 30.5 Å². The van der Waals surface area contributed by atoms with Crippen LogP contribution in [0.2, 0.25) is 0 Å². The number of ether oxygens (including phenoxy) is 3. The van der Waals surface area contributed by atoms with Gasteiger partial charge in [0.2, 0.25) is 11.7 Å². The highest BCUT2D eigenvalue weighted by molar-refractivity contribution is 5.92. The van der Waals surface area contributed by atoms with E-state index >= 15 is 0 Å². The first kappa shape index (κ1) is 22.2. The molecule has 4 rings (SSSR count). The smallest absolute Gasteiger partial charge is 0.244 e. The Kier molecular flexibility index (Phi) is 7.29. The molecule has 2 aromatic rings. The summed E-state index contributed by atoms with van der Waals surface area (Å²) in [4.78, 5) is 17.6. The minimum absolute atomic E-state index is 0.0773. The van der Waals surface area contributed by atoms with Gasteiger partial charge in [-0.1, -0.05) is 30.3 Å². The fraction of sp³-hybridized carbons (Fsp3) is 0.400. The van der Waals surface area contributed by atoms with Gasteiger partial charge in [0.1, 0.15) is 13.2 Å². The van der Waals surface area contributed by atoms with Crippen LogP contribution >= 0.6 is 0 Å². The van der Waals surface area contributed by atoms with E-state index in [1.165, 1.54) is 0 Å². The number of rotatable bonds is 7. The summed E-state index contributed by atoms with van der Waals surface area (Å²) in [5.41, 5.74) is 1.92. The monoisotopic (exact) mass is 437 g/mol. The van der Waals surface area contributed by atoms with E-state index in [2.05, 4.69) is 34.3 Å². The molecule has 2 heterocycles. The Morgan fingerprint density at radius 3 is 2.62 bits per heavy atom. The van der Waals surface area contributed by atoms with Crippen molar-refractivity contribution in [2.24, 2.45) is 0 Å². The van der Waals surface area contributed by atoms with Crippen molar-refractivity contribution in [3.05, 3.63) is 59.7 Å². The molecule has 2 aliphatic heterocycles. The van der Waals surface area contributed by atoms with Gasteiger partial charge in [0.15, 0.2) is 11.5 Å². The second-order valence-electron chi connectivity index (χ2n) is 8.16. The summed E-state index contributed by atoms with van der Waals surface area (Å²) in [5, 5.41) is 3.18. The number of hydrogen-bond donors (Lipinski definition) is 1. The Morgan fingerprint density at radius 1 is 1.12 bits per heavy atom. The standard InChI is InChI=1S/C25H31N3O4/c1-27-10-12-28(13-11-27)18-21(20-6-4-3-5-7-20)26-24(29)9-8-19-16-22(30-2)25-23(17-19)31-14-15-32-25/h3-9,16-17,21H,10-15,18H2,1-2H3,(H,26,29)/b9-8+. The number of amides is 1. The molecule has 1 N–H and O–H groups in total. The van der Waals surface area contributed by atoms with Crippen LogP contribution < -0.4 is 19.5 Å². The summed E-state index contributed by atoms with van der Waals surface area (Å²) in [6, 6.07) is 13.8. The average Bonchev–Trinajstić information content (AvgIpc) is 2.83. The third-order valence-electron chi connectivity index (χ3n) is 5.83. The number of likely N-dealkylation sites (N-methyl/N-ethyl adjacent to an activating group) is 1. The van der Waals surface area contributed by atoms with Gasteiger partial charge in [0.25, 0.3) is 0 Å². The maximum Gasteiger partial charge on any atom is 0.244 e. The van der Waals surface area contributed by atoms with Crippen LogP contribution in [0.5, 0.6) is 17.2 Å². The molecule has 2 aromatic carbocycles. The minimum Gasteiger partial charge on any atom is -0.493 e. The molecule has 0 aliphatic carbocycles. The summed E-state index contributed by atoms with van der Waals surface area (Å²) in [6.45, 7) is 5.87. The first-order chi connectivity index (χ1) is 15.6. The molecule has 0 spiro atoms. The highest BCUT2D eigenvalue weighted by atomic mass is 16.6. The van der Waals surface area contributed by atoms with E-state index in [4.69, 9.17) is 14.2 Å². The van der Waals surface area contributed by atoms with Crippen LogP contribution in [-0.2, 0) is 4.79 Å². The molecule has 0 bridgehead atoms. The predicted octanol–water partition coefficient (Wildman–Crippen LogP) is 2.58. The van der Waals surface area contributed by atoms with E-state index in [1.54, 1.807) is 19.3 Å². The number of methoxy groups -OCH3 is 1. The molecule has 1 fully saturated rings. The molecule has 1 unspecified atom stereocenters. The van der Waals surface area contributed by atoms with Crippen LogP contribution in [-0.4, -0.2) is 75.8 Å². The van der Waals surface area contributed by atoms with Crippen molar-refractivity contribution < 1.29 is 19.0 Å². The maximum absolute atomic E-state index is 12.8. The lowest BCUT2D eigenvalue weighted by Gasteiger charge is -2.34. The van der Waals surface area contributed by atoms with Crippen LogP contribution in [0.3, 0.4) is 0 Å². The number of nitrogens with zero attached hydrogens (tertiary/aromatic N) is 2. The van der Waals surface area contributed by atoms with Gasteiger partial charge in [-0.2, -0.15) is 0 Å². The fourth-order valence-electron chi connectivity index (χ4n) is 3.99. The largest absolute Gasteiger partial charge is 0.493 e. The Balaban J connectivity index is 1.45. The number of benzene rings is 2. The van der Waals surface area contributed by atoms with Gasteiger partial charge in [-0.3, -0.25) is 9.69 Å². The third kappa shape index (κ3) is 5.60. The molecular weight excluding hydrogens is 406 g/mol. The van der Waals surface area contributed by atoms with Crippen molar-refractivity contribution in [1.82, 2.24) is 15.1 Å². The summed E-state index contributed by atoms with van der Waals surface area (Å²) in [7, 11) is 3.74. The topological polar surface area (TPSA) is 63.3 Å². The van der Waals surface area contributed by atoms with Crippen LogP contribution in [0.15, 0.2) is 48.5 Å². The number of carbonyl (C=O) groups excluding carboxylic acids is 1. The van der Waals surface area contributed by atoms with Crippen molar-refractivity contribution in [3.8, 4) is 17.2 Å². The maximum atomic E-state index is 12.8. The molecule has 1 amide bonds. The molecule has 2 aliphatic rings. The lowest BCUT2D eigenvalue weighted by atomic mass is 10.1. The lowest BCUT2D eigenvalue weighted by Crippen LogP contribution is -2.47. The molecule has 1 saturated heterocycles. The van der Waals surface area contributed by atoms with Gasteiger partial charge in [0.05, 0.1) is 13.2 Å². The summed E-state index contributed by atoms with van der Waals surface area (Å²) in [5.74, 6) is 1.70. The zero-order valence-corrected chi connectivity index (χ0v) is 18.8. The van der Waals surface area contributed by atoms with Gasteiger partial charge >= 0.3 is 0 Å². The van der Waals surface area contributed by atoms with Gasteiger partial charge < -0.3 is 24.4 Å². The van der Waals surface area contributed by atoms with E-state index in [9.17, 15) is 4.79 Å². The Hall–Kier alpha value is -3.03. The molecule has 7 heteroatoms. The minimum atomic E-state index is -0.137. The second-order valence-corrected chi connectivity index (χ2v) is 8.16. The molecule has 0 aromatic heterocycles. The van der Waals surface area contributed by atoms with Crippen LogP contribution in [0, 0.1) is 0 Å². The zero-order chi connectivity index (χ0) is 22.3. The Labute approximate surface area is 189 Å². The molecule has 0 saturated carbocycles. The number of fused-ring (bicyclic) bond motifs is 1. The van der Waals surface area contributed by atoms with Crippen LogP contribution in [0.1, 0.15) is 17.2 Å². The van der Waals surface area contributed by atoms with Crippen molar-refractivity contribution >= 4 is 12.0 Å². The van der Waals surface area contributed by atoms with Gasteiger partial charge in [0, 0.05) is 38.8 Å². The first-order valence-electron chi connectivity index (χ1n) is 11.0. The Bertz CT molecular complexity index is 922. The van der Waals surface area contributed by atoms with Gasteiger partial charge in [-0.05, 0) is 36.4 Å². The predicted molar refractivity (Wildman–Crippen MR) is 124 cm³/mol. The van der Waals surface area contributed by atoms with Crippen molar-refractivity contribution in [2.45, 2.75) is 6.04 Å². The summed E-state index contributed by atoms with van der Waals surface area (Å²) < 4.78 is 16.8. The summed E-state index contributed by atoms with van der Waals surface area (Å²) >= 11 is 0. The van der Waals surface area contributed by atoms with E-state index in [1.807, 2.05) is 30.3 Å². The molecule has 32 heavy (non-hydrogen) atoms.